The largest absolute Gasteiger partial charge is 0.486 e. The Morgan fingerprint density at radius 1 is 1.19 bits per heavy atom. The molecule has 4 heteroatoms. The molecule has 0 spiro atoms. The Balaban J connectivity index is 1.88. The monoisotopic (exact) mass is 300 g/mol. The van der Waals surface area contributed by atoms with Gasteiger partial charge in [-0.2, -0.15) is 0 Å². The highest BCUT2D eigenvalue weighted by molar-refractivity contribution is 7.99. The molecule has 3 N–H and O–H groups in total. The molecule has 1 aliphatic heterocycles. The molecule has 2 aromatic rings. The summed E-state index contributed by atoms with van der Waals surface area (Å²) in [4.78, 5) is 1.20. The fourth-order valence-corrected chi connectivity index (χ4v) is 3.85. The smallest absolute Gasteiger partial charge is 0.133 e. The highest BCUT2D eigenvalue weighted by Gasteiger charge is 2.28. The lowest BCUT2D eigenvalue weighted by atomic mass is 9.98. The summed E-state index contributed by atoms with van der Waals surface area (Å²) in [5.41, 5.74) is 6.60. The van der Waals surface area contributed by atoms with Gasteiger partial charge in [0.25, 0.3) is 0 Å². The van der Waals surface area contributed by atoms with Crippen molar-refractivity contribution in [2.45, 2.75) is 30.9 Å². The van der Waals surface area contributed by atoms with Crippen molar-refractivity contribution in [3.8, 4) is 5.75 Å². The fraction of sp³-hybridized carbons (Fsp3) is 0.294. The van der Waals surface area contributed by atoms with E-state index >= 15 is 0 Å². The molecule has 3 rings (SSSR count). The summed E-state index contributed by atoms with van der Waals surface area (Å²) in [6, 6.07) is 14.7. The number of thioether (sulfide) groups is 1. The van der Waals surface area contributed by atoms with Gasteiger partial charge in [0.1, 0.15) is 11.9 Å². The third kappa shape index (κ3) is 3.07. The van der Waals surface area contributed by atoms with E-state index in [1.54, 1.807) is 0 Å². The van der Waals surface area contributed by atoms with Gasteiger partial charge >= 0.3 is 0 Å². The molecule has 0 bridgehead atoms. The Morgan fingerprint density at radius 3 is 2.62 bits per heavy atom. The molecule has 0 radical (unpaired) electrons. The zero-order chi connectivity index (χ0) is 14.8. The highest BCUT2D eigenvalue weighted by atomic mass is 32.2. The zero-order valence-corrected chi connectivity index (χ0v) is 13.1. The number of nitrogens with two attached hydrogens (primary N) is 1. The van der Waals surface area contributed by atoms with E-state index in [0.717, 1.165) is 11.5 Å². The summed E-state index contributed by atoms with van der Waals surface area (Å²) < 4.78 is 6.16. The van der Waals surface area contributed by atoms with Crippen LogP contribution in [0.15, 0.2) is 47.4 Å². The van der Waals surface area contributed by atoms with Crippen molar-refractivity contribution >= 4 is 11.8 Å². The number of hydrazine groups is 1. The van der Waals surface area contributed by atoms with Crippen molar-refractivity contribution in [3.63, 3.8) is 0 Å². The van der Waals surface area contributed by atoms with Crippen molar-refractivity contribution in [2.75, 3.05) is 5.75 Å². The standard InChI is InChI=1S/C17H20N2OS/c1-11-7-12(2)9-13(8-11)17(19-18)15-10-21-16-6-4-3-5-14(16)20-15/h3-9,15,17,19H,10,18H2,1-2H3. The van der Waals surface area contributed by atoms with Crippen molar-refractivity contribution in [1.82, 2.24) is 5.43 Å². The van der Waals surface area contributed by atoms with E-state index in [9.17, 15) is 0 Å². The second kappa shape index (κ2) is 6.10. The van der Waals surface area contributed by atoms with Crippen molar-refractivity contribution < 1.29 is 4.74 Å². The molecule has 2 unspecified atom stereocenters. The SMILES string of the molecule is Cc1cc(C)cc(C(NN)C2CSc3ccccc3O2)c1. The number of ether oxygens (including phenoxy) is 1. The molecule has 21 heavy (non-hydrogen) atoms. The summed E-state index contributed by atoms with van der Waals surface area (Å²) in [7, 11) is 0. The minimum absolute atomic E-state index is 0.00976. The van der Waals surface area contributed by atoms with Crippen LogP contribution >= 0.6 is 11.8 Å². The van der Waals surface area contributed by atoms with Crippen LogP contribution in [0.1, 0.15) is 22.7 Å². The van der Waals surface area contributed by atoms with Crippen LogP contribution in [0.4, 0.5) is 0 Å². The quantitative estimate of drug-likeness (QED) is 0.674. The summed E-state index contributed by atoms with van der Waals surface area (Å²) in [5.74, 6) is 7.65. The van der Waals surface area contributed by atoms with Crippen molar-refractivity contribution in [2.24, 2.45) is 5.84 Å². The van der Waals surface area contributed by atoms with Gasteiger partial charge < -0.3 is 4.74 Å². The lowest BCUT2D eigenvalue weighted by Crippen LogP contribution is -2.42. The first kappa shape index (κ1) is 14.4. The molecular weight excluding hydrogens is 280 g/mol. The third-order valence-corrected chi connectivity index (χ3v) is 4.83. The number of aryl methyl sites for hydroxylation is 2. The number of hydrogen-bond donors (Lipinski definition) is 2. The van der Waals surface area contributed by atoms with Crippen LogP contribution in [-0.2, 0) is 0 Å². The number of rotatable bonds is 3. The Bertz CT molecular complexity index is 624. The summed E-state index contributed by atoms with van der Waals surface area (Å²) in [6.45, 7) is 4.21. The van der Waals surface area contributed by atoms with Gasteiger partial charge in [-0.15, -0.1) is 11.8 Å². The molecule has 0 aromatic heterocycles. The molecule has 2 atom stereocenters. The Labute approximate surface area is 129 Å². The Morgan fingerprint density at radius 2 is 1.90 bits per heavy atom. The molecule has 2 aromatic carbocycles. The molecule has 0 amide bonds. The normalized spacial score (nSPS) is 18.7. The van der Waals surface area contributed by atoms with Crippen molar-refractivity contribution in [1.29, 1.82) is 0 Å². The average Bonchev–Trinajstić information content (AvgIpc) is 2.47. The first-order valence-corrected chi connectivity index (χ1v) is 8.09. The van der Waals surface area contributed by atoms with Gasteiger partial charge in [0.05, 0.1) is 6.04 Å². The van der Waals surface area contributed by atoms with E-state index in [1.165, 1.54) is 21.6 Å². The maximum absolute atomic E-state index is 6.16. The molecule has 0 saturated heterocycles. The number of fused-ring (bicyclic) bond motifs is 1. The highest BCUT2D eigenvalue weighted by Crippen LogP contribution is 2.38. The topological polar surface area (TPSA) is 47.3 Å². The maximum atomic E-state index is 6.16. The average molecular weight is 300 g/mol. The predicted octanol–water partition coefficient (Wildman–Crippen LogP) is 3.36. The minimum atomic E-state index is -0.00976. The van der Waals surface area contributed by atoms with E-state index < -0.39 is 0 Å². The van der Waals surface area contributed by atoms with Crippen molar-refractivity contribution in [3.05, 3.63) is 59.2 Å². The number of benzene rings is 2. The minimum Gasteiger partial charge on any atom is -0.486 e. The van der Waals surface area contributed by atoms with Gasteiger partial charge in [0.2, 0.25) is 0 Å². The van der Waals surface area contributed by atoms with Gasteiger partial charge in [-0.05, 0) is 31.5 Å². The molecule has 1 aliphatic rings. The Kier molecular flexibility index (Phi) is 4.19. The van der Waals surface area contributed by atoms with E-state index in [-0.39, 0.29) is 12.1 Å². The molecular formula is C17H20N2OS. The zero-order valence-electron chi connectivity index (χ0n) is 12.3. The Hall–Kier alpha value is -1.49. The fourth-order valence-electron chi connectivity index (χ4n) is 2.81. The van der Waals surface area contributed by atoms with Crippen LogP contribution in [0.3, 0.4) is 0 Å². The molecule has 0 fully saturated rings. The van der Waals surface area contributed by atoms with Crippen LogP contribution in [-0.4, -0.2) is 11.9 Å². The second-order valence-electron chi connectivity index (χ2n) is 5.48. The second-order valence-corrected chi connectivity index (χ2v) is 6.54. The number of hydrogen-bond acceptors (Lipinski definition) is 4. The predicted molar refractivity (Wildman–Crippen MR) is 87.6 cm³/mol. The van der Waals surface area contributed by atoms with Gasteiger partial charge in [-0.1, -0.05) is 41.5 Å². The number of nitrogens with one attached hydrogen (secondary N) is 1. The van der Waals surface area contributed by atoms with Gasteiger partial charge in [0, 0.05) is 10.6 Å². The first-order chi connectivity index (χ1) is 10.2. The van der Waals surface area contributed by atoms with Crippen LogP contribution in [0.25, 0.3) is 0 Å². The van der Waals surface area contributed by atoms with Crippen LogP contribution < -0.4 is 16.0 Å². The first-order valence-electron chi connectivity index (χ1n) is 7.10. The van der Waals surface area contributed by atoms with E-state index in [2.05, 4.69) is 43.5 Å². The lowest BCUT2D eigenvalue weighted by molar-refractivity contribution is 0.167. The van der Waals surface area contributed by atoms with Gasteiger partial charge in [-0.3, -0.25) is 5.84 Å². The number of para-hydroxylation sites is 1. The van der Waals surface area contributed by atoms with Crippen LogP contribution in [0.2, 0.25) is 0 Å². The van der Waals surface area contributed by atoms with E-state index in [4.69, 9.17) is 10.6 Å². The summed E-state index contributed by atoms with van der Waals surface area (Å²) in [5, 5.41) is 0. The van der Waals surface area contributed by atoms with Crippen LogP contribution in [0, 0.1) is 13.8 Å². The van der Waals surface area contributed by atoms with E-state index in [1.807, 2.05) is 30.0 Å². The van der Waals surface area contributed by atoms with E-state index in [0.29, 0.717) is 0 Å². The van der Waals surface area contributed by atoms with Gasteiger partial charge in [-0.25, -0.2) is 5.43 Å². The molecule has 0 saturated carbocycles. The molecule has 1 heterocycles. The van der Waals surface area contributed by atoms with Crippen LogP contribution in [0.5, 0.6) is 5.75 Å². The van der Waals surface area contributed by atoms with Gasteiger partial charge in [0.15, 0.2) is 0 Å². The molecule has 110 valence electrons. The third-order valence-electron chi connectivity index (χ3n) is 3.69. The summed E-state index contributed by atoms with van der Waals surface area (Å²) >= 11 is 1.82. The maximum Gasteiger partial charge on any atom is 0.133 e. The lowest BCUT2D eigenvalue weighted by Gasteiger charge is -2.32. The molecule has 0 aliphatic carbocycles. The molecule has 3 nitrogen and oxygen atoms in total. The summed E-state index contributed by atoms with van der Waals surface area (Å²) in [6.07, 6.45) is 0.0242.